The lowest BCUT2D eigenvalue weighted by atomic mass is 10.3. The number of halogens is 2. The fourth-order valence-electron chi connectivity index (χ4n) is 1.47. The number of nitrogens with one attached hydrogen (secondary N) is 1. The van der Waals surface area contributed by atoms with Gasteiger partial charge in [-0.25, -0.2) is 4.98 Å². The highest BCUT2D eigenvalue weighted by molar-refractivity contribution is 14.1. The van der Waals surface area contributed by atoms with Crippen LogP contribution in [0.1, 0.15) is 0 Å². The molecule has 4 nitrogen and oxygen atoms in total. The molecule has 2 rings (SSSR count). The number of rotatable bonds is 4. The second kappa shape index (κ2) is 6.19. The lowest BCUT2D eigenvalue weighted by Gasteiger charge is -2.08. The Balaban J connectivity index is 1.94. The molecule has 0 spiro atoms. The summed E-state index contributed by atoms with van der Waals surface area (Å²) in [5.74, 6) is 0. The van der Waals surface area contributed by atoms with Gasteiger partial charge in [-0.2, -0.15) is 0 Å². The standard InChI is InChI=1S/C12H11ClIN3O/c13-9-1-3-10(4-2-9)16-5-6-17-8-15-7-11(14)12(17)18/h1-4,7-8,16H,5-6H2. The normalized spacial score (nSPS) is 10.3. The van der Waals surface area contributed by atoms with Crippen molar-refractivity contribution in [2.45, 2.75) is 6.54 Å². The molecule has 0 radical (unpaired) electrons. The van der Waals surface area contributed by atoms with Crippen LogP contribution in [0.2, 0.25) is 5.02 Å². The zero-order valence-corrected chi connectivity index (χ0v) is 12.4. The lowest BCUT2D eigenvalue weighted by Crippen LogP contribution is -2.25. The predicted octanol–water partition coefficient (Wildman–Crippen LogP) is 2.61. The zero-order chi connectivity index (χ0) is 13.0. The average molecular weight is 376 g/mol. The minimum absolute atomic E-state index is 0.0106. The van der Waals surface area contributed by atoms with Crippen molar-refractivity contribution in [3.63, 3.8) is 0 Å². The molecule has 0 aliphatic carbocycles. The van der Waals surface area contributed by atoms with Gasteiger partial charge >= 0.3 is 0 Å². The molecule has 1 aromatic heterocycles. The van der Waals surface area contributed by atoms with E-state index in [1.807, 2.05) is 46.9 Å². The van der Waals surface area contributed by atoms with Gasteiger partial charge in [-0.3, -0.25) is 9.36 Å². The van der Waals surface area contributed by atoms with Crippen molar-refractivity contribution in [1.29, 1.82) is 0 Å². The van der Waals surface area contributed by atoms with Crippen LogP contribution in [0.4, 0.5) is 5.69 Å². The molecule has 0 fully saturated rings. The van der Waals surface area contributed by atoms with E-state index in [1.54, 1.807) is 17.1 Å². The molecule has 6 heteroatoms. The van der Waals surface area contributed by atoms with Gasteiger partial charge in [0.05, 0.1) is 9.90 Å². The number of benzene rings is 1. The van der Waals surface area contributed by atoms with Gasteiger partial charge in [-0.1, -0.05) is 11.6 Å². The number of nitrogens with zero attached hydrogens (tertiary/aromatic N) is 2. The number of hydrogen-bond donors (Lipinski definition) is 1. The van der Waals surface area contributed by atoms with Gasteiger partial charge in [0, 0.05) is 30.0 Å². The van der Waals surface area contributed by atoms with Crippen molar-refractivity contribution >= 4 is 39.9 Å². The van der Waals surface area contributed by atoms with Gasteiger partial charge in [0.25, 0.3) is 5.56 Å². The monoisotopic (exact) mass is 375 g/mol. The smallest absolute Gasteiger partial charge is 0.266 e. The fourth-order valence-corrected chi connectivity index (χ4v) is 2.07. The van der Waals surface area contributed by atoms with Crippen LogP contribution in [0.5, 0.6) is 0 Å². The molecule has 0 saturated heterocycles. The third-order valence-corrected chi connectivity index (χ3v) is 3.38. The molecule has 94 valence electrons. The van der Waals surface area contributed by atoms with Crippen molar-refractivity contribution in [1.82, 2.24) is 9.55 Å². The molecule has 0 unspecified atom stereocenters. The van der Waals surface area contributed by atoms with Crippen LogP contribution in [-0.4, -0.2) is 16.1 Å². The first-order valence-electron chi connectivity index (χ1n) is 5.36. The molecule has 18 heavy (non-hydrogen) atoms. The molecule has 0 atom stereocenters. The van der Waals surface area contributed by atoms with Gasteiger partial charge in [0.1, 0.15) is 0 Å². The van der Waals surface area contributed by atoms with Gasteiger partial charge in [-0.15, -0.1) is 0 Å². The Kier molecular flexibility index (Phi) is 4.60. The Bertz CT molecular complexity index is 583. The number of hydrogen-bond acceptors (Lipinski definition) is 3. The maximum absolute atomic E-state index is 11.7. The molecule has 1 aromatic carbocycles. The highest BCUT2D eigenvalue weighted by Crippen LogP contribution is 2.12. The Hall–Kier alpha value is -1.08. The van der Waals surface area contributed by atoms with Crippen LogP contribution in [0, 0.1) is 3.57 Å². The molecule has 0 bridgehead atoms. The first kappa shape index (κ1) is 13.4. The SMILES string of the molecule is O=c1c(I)cncn1CCNc1ccc(Cl)cc1. The average Bonchev–Trinajstić information content (AvgIpc) is 2.37. The van der Waals surface area contributed by atoms with Crippen molar-refractivity contribution in [3.05, 3.63) is 55.7 Å². The van der Waals surface area contributed by atoms with Gasteiger partial charge < -0.3 is 5.32 Å². The van der Waals surface area contributed by atoms with E-state index in [1.165, 1.54) is 0 Å². The van der Waals surface area contributed by atoms with Crippen LogP contribution >= 0.6 is 34.2 Å². The minimum atomic E-state index is -0.0106. The van der Waals surface area contributed by atoms with E-state index in [0.717, 1.165) is 5.69 Å². The molecular formula is C12H11ClIN3O. The van der Waals surface area contributed by atoms with E-state index in [9.17, 15) is 4.79 Å². The van der Waals surface area contributed by atoms with Crippen LogP contribution < -0.4 is 10.9 Å². The maximum atomic E-state index is 11.7. The first-order chi connectivity index (χ1) is 8.66. The molecule has 0 aliphatic heterocycles. The fraction of sp³-hybridized carbons (Fsp3) is 0.167. The lowest BCUT2D eigenvalue weighted by molar-refractivity contribution is 0.676. The Labute approximate surface area is 123 Å². The van der Waals surface area contributed by atoms with Gasteiger partial charge in [0.2, 0.25) is 0 Å². The summed E-state index contributed by atoms with van der Waals surface area (Å²) in [4.78, 5) is 15.7. The van der Waals surface area contributed by atoms with Crippen molar-refractivity contribution in [2.24, 2.45) is 0 Å². The number of aromatic nitrogens is 2. The third-order valence-electron chi connectivity index (χ3n) is 2.39. The predicted molar refractivity (Wildman–Crippen MR) is 81.2 cm³/mol. The summed E-state index contributed by atoms with van der Waals surface area (Å²) in [7, 11) is 0. The van der Waals surface area contributed by atoms with Gasteiger partial charge in [0.15, 0.2) is 0 Å². The Morgan fingerprint density at radius 2 is 2.06 bits per heavy atom. The van der Waals surface area contributed by atoms with Crippen molar-refractivity contribution in [3.8, 4) is 0 Å². The summed E-state index contributed by atoms with van der Waals surface area (Å²) in [6.45, 7) is 1.23. The minimum Gasteiger partial charge on any atom is -0.383 e. The van der Waals surface area contributed by atoms with Crippen LogP contribution in [-0.2, 0) is 6.54 Å². The molecule has 0 saturated carbocycles. The highest BCUT2D eigenvalue weighted by Gasteiger charge is 2.00. The van der Waals surface area contributed by atoms with E-state index in [4.69, 9.17) is 11.6 Å². The summed E-state index contributed by atoms with van der Waals surface area (Å²) in [5.41, 5.74) is 0.967. The van der Waals surface area contributed by atoms with E-state index >= 15 is 0 Å². The maximum Gasteiger partial charge on any atom is 0.266 e. The second-order valence-electron chi connectivity index (χ2n) is 3.67. The highest BCUT2D eigenvalue weighted by atomic mass is 127. The molecule has 1 N–H and O–H groups in total. The quantitative estimate of drug-likeness (QED) is 0.836. The topological polar surface area (TPSA) is 46.9 Å². The summed E-state index contributed by atoms with van der Waals surface area (Å²) in [6.07, 6.45) is 3.11. The Morgan fingerprint density at radius 3 is 2.78 bits per heavy atom. The van der Waals surface area contributed by atoms with Crippen molar-refractivity contribution < 1.29 is 0 Å². The summed E-state index contributed by atoms with van der Waals surface area (Å²) in [6, 6.07) is 7.45. The summed E-state index contributed by atoms with van der Waals surface area (Å²) in [5, 5.41) is 3.93. The molecular weight excluding hydrogens is 365 g/mol. The molecule has 2 aromatic rings. The zero-order valence-electron chi connectivity index (χ0n) is 9.44. The second-order valence-corrected chi connectivity index (χ2v) is 5.27. The number of anilines is 1. The van der Waals surface area contributed by atoms with E-state index in [2.05, 4.69) is 10.3 Å². The van der Waals surface area contributed by atoms with Crippen LogP contribution in [0.15, 0.2) is 41.6 Å². The third kappa shape index (κ3) is 3.46. The molecule has 0 amide bonds. The largest absolute Gasteiger partial charge is 0.383 e. The van der Waals surface area contributed by atoms with E-state index in [0.29, 0.717) is 21.7 Å². The molecule has 0 aliphatic rings. The Morgan fingerprint density at radius 1 is 1.33 bits per heavy atom. The van der Waals surface area contributed by atoms with Crippen molar-refractivity contribution in [2.75, 3.05) is 11.9 Å². The van der Waals surface area contributed by atoms with Gasteiger partial charge in [-0.05, 0) is 46.9 Å². The van der Waals surface area contributed by atoms with Crippen LogP contribution in [0.25, 0.3) is 0 Å². The van der Waals surface area contributed by atoms with Crippen LogP contribution in [0.3, 0.4) is 0 Å². The summed E-state index contributed by atoms with van der Waals surface area (Å²) >= 11 is 7.78. The first-order valence-corrected chi connectivity index (χ1v) is 6.82. The van der Waals surface area contributed by atoms with E-state index in [-0.39, 0.29) is 5.56 Å². The van der Waals surface area contributed by atoms with E-state index < -0.39 is 0 Å². The molecule has 1 heterocycles. The summed E-state index contributed by atoms with van der Waals surface area (Å²) < 4.78 is 2.21.